The average Bonchev–Trinajstić information content (AvgIpc) is 3.22. The van der Waals surface area contributed by atoms with Gasteiger partial charge in [-0.1, -0.05) is 11.8 Å². The minimum Gasteiger partial charge on any atom is -0.497 e. The van der Waals surface area contributed by atoms with Crippen molar-refractivity contribution in [1.82, 2.24) is 24.6 Å². The Morgan fingerprint density at radius 1 is 1.20 bits per heavy atom. The topological polar surface area (TPSA) is 82.4 Å². The number of hydrogen-bond acceptors (Lipinski definition) is 7. The van der Waals surface area contributed by atoms with Crippen molar-refractivity contribution in [2.75, 3.05) is 32.6 Å². The molecule has 1 saturated heterocycles. The number of methoxy groups -OCH3 is 1. The molecule has 0 N–H and O–H groups in total. The molecule has 8 nitrogen and oxygen atoms in total. The van der Waals surface area contributed by atoms with Crippen LogP contribution in [0.15, 0.2) is 53.9 Å². The van der Waals surface area contributed by atoms with Crippen LogP contribution in [0.25, 0.3) is 17.1 Å². The van der Waals surface area contributed by atoms with Gasteiger partial charge in [-0.05, 0) is 43.3 Å². The molecule has 0 spiro atoms. The Balaban J connectivity index is 1.61. The monoisotopic (exact) mass is 425 g/mol. The number of rotatable bonds is 6. The highest BCUT2D eigenvalue weighted by Crippen LogP contribution is 2.29. The molecular formula is C21H23N5O3S. The van der Waals surface area contributed by atoms with Crippen molar-refractivity contribution in [2.24, 2.45) is 0 Å². The zero-order chi connectivity index (χ0) is 20.9. The van der Waals surface area contributed by atoms with E-state index in [9.17, 15) is 4.79 Å². The van der Waals surface area contributed by atoms with E-state index < -0.39 is 0 Å². The van der Waals surface area contributed by atoms with Gasteiger partial charge in [0, 0.05) is 36.7 Å². The summed E-state index contributed by atoms with van der Waals surface area (Å²) < 4.78 is 12.8. The third-order valence-corrected chi connectivity index (χ3v) is 5.73. The molecule has 1 aromatic carbocycles. The first-order valence-electron chi connectivity index (χ1n) is 9.68. The van der Waals surface area contributed by atoms with E-state index in [1.165, 1.54) is 11.8 Å². The Kier molecular flexibility index (Phi) is 6.29. The van der Waals surface area contributed by atoms with Crippen molar-refractivity contribution >= 4 is 17.7 Å². The summed E-state index contributed by atoms with van der Waals surface area (Å²) in [5.41, 5.74) is 1.79. The van der Waals surface area contributed by atoms with Crippen LogP contribution in [-0.4, -0.2) is 69.2 Å². The number of morpholine rings is 1. The molecular weight excluding hydrogens is 402 g/mol. The molecule has 2 aromatic heterocycles. The summed E-state index contributed by atoms with van der Waals surface area (Å²) in [4.78, 5) is 18.6. The van der Waals surface area contributed by atoms with Crippen LogP contribution in [-0.2, 0) is 9.53 Å². The molecule has 1 aliphatic heterocycles. The van der Waals surface area contributed by atoms with Crippen molar-refractivity contribution in [3.63, 3.8) is 0 Å². The highest BCUT2D eigenvalue weighted by Gasteiger charge is 2.23. The normalized spacial score (nSPS) is 16.5. The Labute approximate surface area is 179 Å². The number of thioether (sulfide) groups is 1. The first kappa shape index (κ1) is 20.4. The minimum atomic E-state index is 0.0638. The van der Waals surface area contributed by atoms with Gasteiger partial charge in [-0.3, -0.25) is 14.3 Å². The first-order valence-corrected chi connectivity index (χ1v) is 10.7. The number of benzene rings is 1. The summed E-state index contributed by atoms with van der Waals surface area (Å²) in [5, 5.41) is 9.42. The molecule has 0 saturated carbocycles. The predicted octanol–water partition coefficient (Wildman–Crippen LogP) is 2.68. The van der Waals surface area contributed by atoms with Crippen molar-refractivity contribution in [3.05, 3.63) is 48.8 Å². The molecule has 0 bridgehead atoms. The van der Waals surface area contributed by atoms with Gasteiger partial charge in [-0.25, -0.2) is 0 Å². The Morgan fingerprint density at radius 2 is 1.97 bits per heavy atom. The van der Waals surface area contributed by atoms with Crippen LogP contribution in [0.5, 0.6) is 5.75 Å². The van der Waals surface area contributed by atoms with Gasteiger partial charge in [0.05, 0.1) is 25.6 Å². The molecule has 156 valence electrons. The van der Waals surface area contributed by atoms with Crippen molar-refractivity contribution in [2.45, 2.75) is 18.2 Å². The van der Waals surface area contributed by atoms with E-state index in [4.69, 9.17) is 9.47 Å². The molecule has 9 heteroatoms. The van der Waals surface area contributed by atoms with Crippen LogP contribution >= 0.6 is 11.8 Å². The highest BCUT2D eigenvalue weighted by molar-refractivity contribution is 7.99. The molecule has 4 rings (SSSR count). The number of carbonyl (C=O) groups is 1. The number of amides is 1. The number of hydrogen-bond donors (Lipinski definition) is 0. The zero-order valence-electron chi connectivity index (χ0n) is 16.9. The first-order chi connectivity index (χ1) is 14.7. The smallest absolute Gasteiger partial charge is 0.233 e. The van der Waals surface area contributed by atoms with E-state index in [-0.39, 0.29) is 17.8 Å². The fourth-order valence-electron chi connectivity index (χ4n) is 3.28. The molecule has 1 fully saturated rings. The molecule has 3 aromatic rings. The van der Waals surface area contributed by atoms with Gasteiger partial charge < -0.3 is 14.4 Å². The van der Waals surface area contributed by atoms with Gasteiger partial charge in [0.15, 0.2) is 11.0 Å². The van der Waals surface area contributed by atoms with Crippen molar-refractivity contribution in [1.29, 1.82) is 0 Å². The lowest BCUT2D eigenvalue weighted by Crippen LogP contribution is -2.45. The van der Waals surface area contributed by atoms with E-state index in [1.54, 1.807) is 19.5 Å². The predicted molar refractivity (Wildman–Crippen MR) is 114 cm³/mol. The lowest BCUT2D eigenvalue weighted by Gasteiger charge is -2.31. The second-order valence-corrected chi connectivity index (χ2v) is 7.83. The highest BCUT2D eigenvalue weighted by atomic mass is 32.2. The molecule has 30 heavy (non-hydrogen) atoms. The second-order valence-electron chi connectivity index (χ2n) is 6.89. The largest absolute Gasteiger partial charge is 0.497 e. The molecule has 3 heterocycles. The van der Waals surface area contributed by atoms with Gasteiger partial charge in [-0.2, -0.15) is 0 Å². The quantitative estimate of drug-likeness (QED) is 0.562. The Morgan fingerprint density at radius 3 is 2.67 bits per heavy atom. The van der Waals surface area contributed by atoms with Gasteiger partial charge in [0.1, 0.15) is 5.75 Å². The van der Waals surface area contributed by atoms with Gasteiger partial charge >= 0.3 is 0 Å². The second kappa shape index (κ2) is 9.27. The minimum absolute atomic E-state index is 0.0638. The maximum Gasteiger partial charge on any atom is 0.233 e. The van der Waals surface area contributed by atoms with Crippen LogP contribution in [0.3, 0.4) is 0 Å². The van der Waals surface area contributed by atoms with Gasteiger partial charge in [0.2, 0.25) is 5.91 Å². The summed E-state index contributed by atoms with van der Waals surface area (Å²) in [7, 11) is 1.63. The third kappa shape index (κ3) is 4.47. The molecule has 1 amide bonds. The Bertz CT molecular complexity index is 994. The lowest BCUT2D eigenvalue weighted by molar-refractivity contribution is -0.135. The fourth-order valence-corrected chi connectivity index (χ4v) is 4.13. The van der Waals surface area contributed by atoms with E-state index in [2.05, 4.69) is 15.2 Å². The van der Waals surface area contributed by atoms with Crippen molar-refractivity contribution in [3.8, 4) is 22.8 Å². The van der Waals surface area contributed by atoms with Crippen LogP contribution in [0.4, 0.5) is 0 Å². The summed E-state index contributed by atoms with van der Waals surface area (Å²) in [5.74, 6) is 1.82. The van der Waals surface area contributed by atoms with Crippen molar-refractivity contribution < 1.29 is 14.3 Å². The van der Waals surface area contributed by atoms with Crippen LogP contribution in [0.2, 0.25) is 0 Å². The number of nitrogens with zero attached hydrogens (tertiary/aromatic N) is 5. The summed E-state index contributed by atoms with van der Waals surface area (Å²) in [6.07, 6.45) is 3.50. The SMILES string of the molecule is COc1ccc(-n2c(SCC(=O)N3CCOC(C)C3)nnc2-c2ccncc2)cc1. The molecule has 1 atom stereocenters. The molecule has 0 radical (unpaired) electrons. The average molecular weight is 426 g/mol. The van der Waals surface area contributed by atoms with E-state index >= 15 is 0 Å². The van der Waals surface area contributed by atoms with Crippen LogP contribution in [0.1, 0.15) is 6.92 Å². The summed E-state index contributed by atoms with van der Waals surface area (Å²) >= 11 is 1.38. The zero-order valence-corrected chi connectivity index (χ0v) is 17.7. The maximum absolute atomic E-state index is 12.7. The number of aromatic nitrogens is 4. The summed E-state index contributed by atoms with van der Waals surface area (Å²) in [6, 6.07) is 11.4. The van der Waals surface area contributed by atoms with E-state index in [0.717, 1.165) is 17.0 Å². The van der Waals surface area contributed by atoms with E-state index in [1.807, 2.05) is 52.8 Å². The van der Waals surface area contributed by atoms with Crippen LogP contribution < -0.4 is 4.74 Å². The number of pyridine rings is 1. The molecule has 0 aliphatic carbocycles. The third-order valence-electron chi connectivity index (χ3n) is 4.82. The van der Waals surface area contributed by atoms with Gasteiger partial charge in [-0.15, -0.1) is 10.2 Å². The number of carbonyl (C=O) groups excluding carboxylic acids is 1. The van der Waals surface area contributed by atoms with Gasteiger partial charge in [0.25, 0.3) is 0 Å². The summed E-state index contributed by atoms with van der Waals surface area (Å²) in [6.45, 7) is 3.80. The Hall–Kier alpha value is -2.91. The van der Waals surface area contributed by atoms with E-state index in [0.29, 0.717) is 30.7 Å². The molecule has 1 aliphatic rings. The lowest BCUT2D eigenvalue weighted by atomic mass is 10.2. The maximum atomic E-state index is 12.7. The standard InChI is InChI=1S/C21H23N5O3S/c1-15-13-25(11-12-29-15)19(27)14-30-21-24-23-20(16-7-9-22-10-8-16)26(21)17-3-5-18(28-2)6-4-17/h3-10,15H,11-14H2,1-2H3. The molecule has 1 unspecified atom stereocenters. The number of ether oxygens (including phenoxy) is 2. The van der Waals surface area contributed by atoms with Crippen LogP contribution in [0, 0.1) is 0 Å². The fraction of sp³-hybridized carbons (Fsp3) is 0.333.